The SMILES string of the molecule is CCNC(=O)Nc1nc2cc(-c3ccn(C)c(=O)c3)c(F)cc2s1.CCNC(=O)Nc1nc2cc(-c3ccn(CCN4CCOCC4)c(=O)c3)c(F)cc2s1. The van der Waals surface area contributed by atoms with E-state index >= 15 is 0 Å². The van der Waals surface area contributed by atoms with Crippen molar-refractivity contribution in [3.8, 4) is 22.3 Å². The normalized spacial score (nSPS) is 13.0. The van der Waals surface area contributed by atoms with Gasteiger partial charge in [0.15, 0.2) is 10.3 Å². The second kappa shape index (κ2) is 17.7. The zero-order valence-corrected chi connectivity index (χ0v) is 31.9. The van der Waals surface area contributed by atoms with E-state index in [1.54, 1.807) is 48.3 Å². The molecule has 4 aromatic heterocycles. The summed E-state index contributed by atoms with van der Waals surface area (Å²) in [4.78, 5) is 58.5. The highest BCUT2D eigenvalue weighted by Gasteiger charge is 2.16. The predicted octanol–water partition coefficient (Wildman–Crippen LogP) is 5.68. The monoisotopic (exact) mass is 791 g/mol. The number of urea groups is 2. The van der Waals surface area contributed by atoms with Gasteiger partial charge >= 0.3 is 12.1 Å². The molecular weight excluding hydrogens is 753 g/mol. The lowest BCUT2D eigenvalue weighted by Gasteiger charge is -2.26. The lowest BCUT2D eigenvalue weighted by Crippen LogP contribution is -2.39. The third-order valence-corrected chi connectivity index (χ3v) is 10.4. The number of carbonyl (C=O) groups excluding carboxylic acids is 2. The van der Waals surface area contributed by atoms with Crippen molar-refractivity contribution in [3.05, 3.63) is 93.3 Å². The zero-order chi connectivity index (χ0) is 39.1. The Balaban J connectivity index is 0.000000193. The Labute approximate surface area is 321 Å². The van der Waals surface area contributed by atoms with Crippen LogP contribution in [0, 0.1) is 11.6 Å². The Bertz CT molecular complexity index is 2460. The summed E-state index contributed by atoms with van der Waals surface area (Å²) in [7, 11) is 1.63. The van der Waals surface area contributed by atoms with E-state index in [-0.39, 0.29) is 23.2 Å². The van der Waals surface area contributed by atoms with Crippen molar-refractivity contribution in [2.24, 2.45) is 7.05 Å². The van der Waals surface area contributed by atoms with Crippen LogP contribution in [0.2, 0.25) is 0 Å². The molecular formula is C37H39F2N9O5S2. The quantitative estimate of drug-likeness (QED) is 0.145. The Morgan fingerprint density at radius 2 is 1.25 bits per heavy atom. The number of pyridine rings is 2. The van der Waals surface area contributed by atoms with E-state index in [2.05, 4.69) is 36.1 Å². The number of nitrogens with one attached hydrogen (secondary N) is 4. The molecule has 288 valence electrons. The van der Waals surface area contributed by atoms with Crippen molar-refractivity contribution >= 4 is 65.4 Å². The minimum atomic E-state index is -0.441. The van der Waals surface area contributed by atoms with Crippen molar-refractivity contribution < 1.29 is 23.1 Å². The third kappa shape index (κ3) is 9.76. The maximum atomic E-state index is 14.8. The maximum Gasteiger partial charge on any atom is 0.321 e. The lowest BCUT2D eigenvalue weighted by atomic mass is 10.1. The first-order valence-electron chi connectivity index (χ1n) is 17.5. The number of hydrogen-bond donors (Lipinski definition) is 4. The molecule has 0 saturated carbocycles. The Morgan fingerprint density at radius 3 is 1.75 bits per heavy atom. The molecule has 4 amide bonds. The number of amides is 4. The molecule has 0 spiro atoms. The molecule has 6 aromatic rings. The molecule has 55 heavy (non-hydrogen) atoms. The van der Waals surface area contributed by atoms with Gasteiger partial charge in [-0.3, -0.25) is 25.1 Å². The van der Waals surface area contributed by atoms with Gasteiger partial charge < -0.3 is 24.5 Å². The van der Waals surface area contributed by atoms with Crippen LogP contribution in [-0.2, 0) is 18.3 Å². The van der Waals surface area contributed by atoms with Crippen LogP contribution in [0.25, 0.3) is 42.7 Å². The summed E-state index contributed by atoms with van der Waals surface area (Å²) in [5.74, 6) is -0.880. The fourth-order valence-electron chi connectivity index (χ4n) is 5.70. The smallest absolute Gasteiger partial charge is 0.321 e. The number of aryl methyl sites for hydroxylation is 1. The molecule has 5 heterocycles. The van der Waals surface area contributed by atoms with Crippen LogP contribution in [0.15, 0.2) is 70.5 Å². The van der Waals surface area contributed by atoms with Crippen molar-refractivity contribution in [2.45, 2.75) is 20.4 Å². The lowest BCUT2D eigenvalue weighted by molar-refractivity contribution is 0.0363. The number of nitrogens with zero attached hydrogens (tertiary/aromatic N) is 5. The average molecular weight is 792 g/mol. The molecule has 7 rings (SSSR count). The minimum absolute atomic E-state index is 0.179. The fourth-order valence-corrected chi connectivity index (χ4v) is 7.44. The van der Waals surface area contributed by atoms with E-state index in [9.17, 15) is 28.0 Å². The standard InChI is InChI=1S/C21H24FN5O3S.C16H15FN4O2S/c1-2-23-20(29)25-21-24-17-12-15(16(22)13-18(17)31-21)14-3-4-27(19(28)11-14)6-5-26-7-9-30-10-8-26;1-3-18-15(23)20-16-19-12-7-10(11(17)8-13(12)24-16)9-4-5-21(2)14(22)6-9/h3-4,11-13H,2,5-10H2,1H3,(H2,23,24,25,29);4-8H,3H2,1-2H3,(H2,18,19,20,23). The number of fused-ring (bicyclic) bond motifs is 2. The van der Waals surface area contributed by atoms with Gasteiger partial charge in [-0.05, 0) is 61.4 Å². The molecule has 0 aliphatic carbocycles. The largest absolute Gasteiger partial charge is 0.379 e. The van der Waals surface area contributed by atoms with Crippen LogP contribution >= 0.6 is 22.7 Å². The molecule has 18 heteroatoms. The van der Waals surface area contributed by atoms with Gasteiger partial charge in [0.05, 0.1) is 33.6 Å². The van der Waals surface area contributed by atoms with Crippen LogP contribution in [0.3, 0.4) is 0 Å². The van der Waals surface area contributed by atoms with Crippen molar-refractivity contribution in [1.82, 2.24) is 34.6 Å². The first kappa shape index (κ1) is 39.1. The minimum Gasteiger partial charge on any atom is -0.379 e. The molecule has 2 aromatic carbocycles. The van der Waals surface area contributed by atoms with E-state index in [1.165, 1.54) is 51.5 Å². The van der Waals surface area contributed by atoms with Crippen molar-refractivity contribution in [1.29, 1.82) is 0 Å². The van der Waals surface area contributed by atoms with Crippen LogP contribution in [-0.4, -0.2) is 82.0 Å². The van der Waals surface area contributed by atoms with E-state index < -0.39 is 11.6 Å². The molecule has 0 atom stereocenters. The number of ether oxygens (including phenoxy) is 1. The van der Waals surface area contributed by atoms with Crippen LogP contribution < -0.4 is 32.4 Å². The molecule has 14 nitrogen and oxygen atoms in total. The Kier molecular flexibility index (Phi) is 12.6. The highest BCUT2D eigenvalue weighted by molar-refractivity contribution is 7.22. The maximum absolute atomic E-state index is 14.8. The number of morpholine rings is 1. The summed E-state index contributed by atoms with van der Waals surface area (Å²) in [5.41, 5.74) is 2.32. The van der Waals surface area contributed by atoms with Crippen LogP contribution in [0.5, 0.6) is 0 Å². The topological polar surface area (TPSA) is 165 Å². The van der Waals surface area contributed by atoms with Gasteiger partial charge in [0, 0.05) is 82.0 Å². The van der Waals surface area contributed by atoms with Crippen molar-refractivity contribution in [3.63, 3.8) is 0 Å². The second-order valence-corrected chi connectivity index (χ2v) is 14.4. The van der Waals surface area contributed by atoms with Crippen LogP contribution in [0.1, 0.15) is 13.8 Å². The first-order valence-corrected chi connectivity index (χ1v) is 19.1. The number of aromatic nitrogens is 4. The average Bonchev–Trinajstić information content (AvgIpc) is 3.73. The molecule has 1 aliphatic heterocycles. The van der Waals surface area contributed by atoms with E-state index in [1.807, 2.05) is 13.8 Å². The Hall–Kier alpha value is -5.56. The summed E-state index contributed by atoms with van der Waals surface area (Å²) < 4.78 is 38.8. The summed E-state index contributed by atoms with van der Waals surface area (Å²) >= 11 is 2.38. The number of halogens is 2. The highest BCUT2D eigenvalue weighted by Crippen LogP contribution is 2.33. The van der Waals surface area contributed by atoms with Gasteiger partial charge in [-0.25, -0.2) is 28.3 Å². The van der Waals surface area contributed by atoms with Gasteiger partial charge in [-0.15, -0.1) is 0 Å². The number of hydrogen-bond acceptors (Lipinski definition) is 10. The summed E-state index contributed by atoms with van der Waals surface area (Å²) in [6.07, 6.45) is 3.29. The fraction of sp³-hybridized carbons (Fsp3) is 0.297. The highest BCUT2D eigenvalue weighted by atomic mass is 32.1. The number of rotatable bonds is 9. The molecule has 1 aliphatic rings. The predicted molar refractivity (Wildman–Crippen MR) is 212 cm³/mol. The number of benzene rings is 2. The van der Waals surface area contributed by atoms with Crippen molar-refractivity contribution in [2.75, 3.05) is 56.6 Å². The van der Waals surface area contributed by atoms with Gasteiger partial charge in [-0.1, -0.05) is 22.7 Å². The van der Waals surface area contributed by atoms with Gasteiger partial charge in [-0.2, -0.15) is 0 Å². The first-order chi connectivity index (χ1) is 26.5. The zero-order valence-electron chi connectivity index (χ0n) is 30.3. The third-order valence-electron chi connectivity index (χ3n) is 8.55. The Morgan fingerprint density at radius 1 is 0.745 bits per heavy atom. The summed E-state index contributed by atoms with van der Waals surface area (Å²) in [5, 5.41) is 11.2. The van der Waals surface area contributed by atoms with E-state index in [4.69, 9.17) is 4.74 Å². The summed E-state index contributed by atoms with van der Waals surface area (Å²) in [6, 6.07) is 11.5. The number of thiazole rings is 2. The van der Waals surface area contributed by atoms with Crippen LogP contribution in [0.4, 0.5) is 28.6 Å². The number of anilines is 2. The molecule has 0 radical (unpaired) electrons. The molecule has 4 N–H and O–H groups in total. The summed E-state index contributed by atoms with van der Waals surface area (Å²) in [6.45, 7) is 9.11. The number of carbonyl (C=O) groups is 2. The van der Waals surface area contributed by atoms with Gasteiger partial charge in [0.2, 0.25) is 0 Å². The molecule has 1 fully saturated rings. The van der Waals surface area contributed by atoms with E-state index in [0.717, 1.165) is 19.6 Å². The van der Waals surface area contributed by atoms with Gasteiger partial charge in [0.1, 0.15) is 11.6 Å². The molecule has 1 saturated heterocycles. The van der Waals surface area contributed by atoms with Gasteiger partial charge in [0.25, 0.3) is 11.1 Å². The molecule has 0 bridgehead atoms. The molecule has 0 unspecified atom stereocenters. The second-order valence-electron chi connectivity index (χ2n) is 12.4. The van der Waals surface area contributed by atoms with E-state index in [0.29, 0.717) is 85.8 Å².